The predicted octanol–water partition coefficient (Wildman–Crippen LogP) is 1.09. The molecule has 0 radical (unpaired) electrons. The van der Waals surface area contributed by atoms with E-state index in [1.165, 1.54) is 0 Å². The maximum absolute atomic E-state index is 11.2. The second kappa shape index (κ2) is 7.68. The van der Waals surface area contributed by atoms with Crippen LogP contribution in [0.5, 0.6) is 5.75 Å². The molecule has 0 aromatic heterocycles. The highest BCUT2D eigenvalue weighted by molar-refractivity contribution is 5.75. The summed E-state index contributed by atoms with van der Waals surface area (Å²) in [6.45, 7) is 3.54. The van der Waals surface area contributed by atoms with Crippen LogP contribution in [-0.4, -0.2) is 25.6 Å². The topological polar surface area (TPSA) is 64.3 Å². The standard InChI is InChI=1S/C13H20N2O2/c1-2-15-13(16)8-10-17-12-6-4-3-5-11(12)7-9-14/h3-6H,2,7-10,14H2,1H3,(H,15,16). The highest BCUT2D eigenvalue weighted by atomic mass is 16.5. The summed E-state index contributed by atoms with van der Waals surface area (Å²) in [5.74, 6) is 0.839. The van der Waals surface area contributed by atoms with Crippen LogP contribution in [0.25, 0.3) is 0 Å². The quantitative estimate of drug-likeness (QED) is 0.745. The second-order valence-electron chi connectivity index (χ2n) is 3.70. The molecule has 17 heavy (non-hydrogen) atoms. The molecule has 1 aromatic carbocycles. The molecule has 4 heteroatoms. The second-order valence-corrected chi connectivity index (χ2v) is 3.70. The normalized spacial score (nSPS) is 10.0. The number of nitrogens with one attached hydrogen (secondary N) is 1. The SMILES string of the molecule is CCNC(=O)CCOc1ccccc1CCN. The summed E-state index contributed by atoms with van der Waals surface area (Å²) in [7, 11) is 0. The number of hydrogen-bond donors (Lipinski definition) is 2. The molecule has 0 bridgehead atoms. The lowest BCUT2D eigenvalue weighted by molar-refractivity contribution is -0.121. The average Bonchev–Trinajstić information content (AvgIpc) is 2.32. The fraction of sp³-hybridized carbons (Fsp3) is 0.462. The maximum atomic E-state index is 11.2. The molecule has 0 heterocycles. The van der Waals surface area contributed by atoms with Crippen molar-refractivity contribution in [3.63, 3.8) is 0 Å². The molecule has 0 saturated heterocycles. The van der Waals surface area contributed by atoms with E-state index in [0.717, 1.165) is 17.7 Å². The predicted molar refractivity (Wildman–Crippen MR) is 68.0 cm³/mol. The van der Waals surface area contributed by atoms with Gasteiger partial charge in [-0.15, -0.1) is 0 Å². The van der Waals surface area contributed by atoms with Crippen molar-refractivity contribution in [2.75, 3.05) is 19.7 Å². The molecule has 0 spiro atoms. The van der Waals surface area contributed by atoms with E-state index >= 15 is 0 Å². The summed E-state index contributed by atoms with van der Waals surface area (Å²) in [6.07, 6.45) is 1.17. The van der Waals surface area contributed by atoms with Gasteiger partial charge in [-0.3, -0.25) is 4.79 Å². The van der Waals surface area contributed by atoms with Crippen molar-refractivity contribution >= 4 is 5.91 Å². The van der Waals surface area contributed by atoms with Crippen molar-refractivity contribution in [3.05, 3.63) is 29.8 Å². The zero-order valence-electron chi connectivity index (χ0n) is 10.2. The van der Waals surface area contributed by atoms with Gasteiger partial charge in [-0.05, 0) is 31.5 Å². The van der Waals surface area contributed by atoms with Crippen LogP contribution < -0.4 is 15.8 Å². The van der Waals surface area contributed by atoms with Crippen molar-refractivity contribution in [2.45, 2.75) is 19.8 Å². The van der Waals surface area contributed by atoms with E-state index < -0.39 is 0 Å². The van der Waals surface area contributed by atoms with Crippen LogP contribution in [0.4, 0.5) is 0 Å². The fourth-order valence-electron chi connectivity index (χ4n) is 1.55. The highest BCUT2D eigenvalue weighted by Gasteiger charge is 2.03. The number of rotatable bonds is 7. The molecule has 0 unspecified atom stereocenters. The van der Waals surface area contributed by atoms with Crippen molar-refractivity contribution < 1.29 is 9.53 Å². The average molecular weight is 236 g/mol. The Morgan fingerprint density at radius 2 is 2.18 bits per heavy atom. The lowest BCUT2D eigenvalue weighted by atomic mass is 10.1. The lowest BCUT2D eigenvalue weighted by Gasteiger charge is -2.10. The van der Waals surface area contributed by atoms with Crippen LogP contribution in [0.2, 0.25) is 0 Å². The zero-order valence-corrected chi connectivity index (χ0v) is 10.2. The molecule has 1 rings (SSSR count). The first-order chi connectivity index (χ1) is 8.27. The number of carbonyl (C=O) groups is 1. The van der Waals surface area contributed by atoms with Crippen LogP contribution in [0.15, 0.2) is 24.3 Å². The first-order valence-corrected chi connectivity index (χ1v) is 5.95. The van der Waals surface area contributed by atoms with E-state index in [1.807, 2.05) is 31.2 Å². The van der Waals surface area contributed by atoms with Gasteiger partial charge in [0.25, 0.3) is 0 Å². The van der Waals surface area contributed by atoms with E-state index in [4.69, 9.17) is 10.5 Å². The Morgan fingerprint density at radius 1 is 1.41 bits per heavy atom. The van der Waals surface area contributed by atoms with Gasteiger partial charge < -0.3 is 15.8 Å². The summed E-state index contributed by atoms with van der Waals surface area (Å²) in [6, 6.07) is 7.78. The number of amides is 1. The Morgan fingerprint density at radius 3 is 2.88 bits per heavy atom. The van der Waals surface area contributed by atoms with Crippen LogP contribution in [0, 0.1) is 0 Å². The lowest BCUT2D eigenvalue weighted by Crippen LogP contribution is -2.24. The van der Waals surface area contributed by atoms with Crippen molar-refractivity contribution in [3.8, 4) is 5.75 Å². The van der Waals surface area contributed by atoms with Gasteiger partial charge in [-0.1, -0.05) is 18.2 Å². The van der Waals surface area contributed by atoms with Gasteiger partial charge in [0.2, 0.25) is 5.91 Å². The number of hydrogen-bond acceptors (Lipinski definition) is 3. The van der Waals surface area contributed by atoms with Gasteiger partial charge in [0.05, 0.1) is 13.0 Å². The van der Waals surface area contributed by atoms with Gasteiger partial charge in [-0.2, -0.15) is 0 Å². The molecule has 0 fully saturated rings. The Kier molecular flexibility index (Phi) is 6.10. The number of para-hydroxylation sites is 1. The Hall–Kier alpha value is -1.55. The van der Waals surface area contributed by atoms with Crippen LogP contribution in [-0.2, 0) is 11.2 Å². The molecule has 1 aromatic rings. The Labute approximate surface area is 102 Å². The third-order valence-electron chi connectivity index (χ3n) is 2.35. The summed E-state index contributed by atoms with van der Waals surface area (Å²) >= 11 is 0. The minimum Gasteiger partial charge on any atom is -0.493 e. The van der Waals surface area contributed by atoms with E-state index in [1.54, 1.807) is 0 Å². The minimum absolute atomic E-state index is 0.0174. The number of nitrogens with two attached hydrogens (primary N) is 1. The molecule has 0 aliphatic rings. The molecular weight excluding hydrogens is 216 g/mol. The summed E-state index contributed by atoms with van der Waals surface area (Å²) in [4.78, 5) is 11.2. The molecule has 0 aliphatic heterocycles. The maximum Gasteiger partial charge on any atom is 0.223 e. The Balaban J connectivity index is 2.43. The molecule has 4 nitrogen and oxygen atoms in total. The van der Waals surface area contributed by atoms with E-state index in [2.05, 4.69) is 5.32 Å². The van der Waals surface area contributed by atoms with Gasteiger partial charge in [0, 0.05) is 6.54 Å². The molecule has 3 N–H and O–H groups in total. The summed E-state index contributed by atoms with van der Waals surface area (Å²) in [5, 5.41) is 2.73. The van der Waals surface area contributed by atoms with E-state index in [0.29, 0.717) is 26.1 Å². The van der Waals surface area contributed by atoms with Crippen molar-refractivity contribution in [1.82, 2.24) is 5.32 Å². The molecule has 1 amide bonds. The third kappa shape index (κ3) is 4.87. The van der Waals surface area contributed by atoms with E-state index in [9.17, 15) is 4.79 Å². The highest BCUT2D eigenvalue weighted by Crippen LogP contribution is 2.18. The number of benzene rings is 1. The van der Waals surface area contributed by atoms with Gasteiger partial charge in [0.15, 0.2) is 0 Å². The van der Waals surface area contributed by atoms with Crippen molar-refractivity contribution in [2.24, 2.45) is 5.73 Å². The molecule has 0 atom stereocenters. The molecule has 94 valence electrons. The summed E-state index contributed by atoms with van der Waals surface area (Å²) < 4.78 is 5.59. The zero-order chi connectivity index (χ0) is 12.5. The molecular formula is C13H20N2O2. The van der Waals surface area contributed by atoms with Crippen LogP contribution in [0.1, 0.15) is 18.9 Å². The van der Waals surface area contributed by atoms with Crippen LogP contribution in [0.3, 0.4) is 0 Å². The minimum atomic E-state index is 0.0174. The third-order valence-corrected chi connectivity index (χ3v) is 2.35. The van der Waals surface area contributed by atoms with Crippen LogP contribution >= 0.6 is 0 Å². The first kappa shape index (κ1) is 13.5. The largest absolute Gasteiger partial charge is 0.493 e. The van der Waals surface area contributed by atoms with Gasteiger partial charge in [-0.25, -0.2) is 0 Å². The number of ether oxygens (including phenoxy) is 1. The Bertz CT molecular complexity index is 353. The summed E-state index contributed by atoms with van der Waals surface area (Å²) in [5.41, 5.74) is 6.61. The smallest absolute Gasteiger partial charge is 0.223 e. The molecule has 0 aliphatic carbocycles. The molecule has 0 saturated carbocycles. The van der Waals surface area contributed by atoms with Crippen molar-refractivity contribution in [1.29, 1.82) is 0 Å². The monoisotopic (exact) mass is 236 g/mol. The number of carbonyl (C=O) groups excluding carboxylic acids is 1. The van der Waals surface area contributed by atoms with Gasteiger partial charge >= 0.3 is 0 Å². The fourth-order valence-corrected chi connectivity index (χ4v) is 1.55. The van der Waals surface area contributed by atoms with E-state index in [-0.39, 0.29) is 5.91 Å². The first-order valence-electron chi connectivity index (χ1n) is 5.95. The van der Waals surface area contributed by atoms with Gasteiger partial charge in [0.1, 0.15) is 5.75 Å².